The Labute approximate surface area is 110 Å². The van der Waals surface area contributed by atoms with Crippen LogP contribution < -0.4 is 10.1 Å². The Hall–Kier alpha value is -1.51. The first-order chi connectivity index (χ1) is 8.56. The highest BCUT2D eigenvalue weighted by atomic mass is 16.5. The highest BCUT2D eigenvalue weighted by Gasteiger charge is 2.19. The third kappa shape index (κ3) is 4.40. The third-order valence-electron chi connectivity index (χ3n) is 2.93. The Kier molecular flexibility index (Phi) is 5.69. The predicted molar refractivity (Wildman–Crippen MR) is 73.8 cm³/mol. The average molecular weight is 249 g/mol. The van der Waals surface area contributed by atoms with E-state index in [1.54, 1.807) is 0 Å². The molecule has 18 heavy (non-hydrogen) atoms. The number of ether oxygens (including phenoxy) is 1. The zero-order valence-corrected chi connectivity index (χ0v) is 11.7. The van der Waals surface area contributed by atoms with E-state index in [1.807, 2.05) is 52.0 Å². The van der Waals surface area contributed by atoms with E-state index in [9.17, 15) is 4.79 Å². The Bertz CT molecular complexity index is 390. The Morgan fingerprint density at radius 1 is 1.33 bits per heavy atom. The number of hydrogen-bond acceptors (Lipinski definition) is 2. The first-order valence-corrected chi connectivity index (χ1v) is 6.60. The molecule has 0 radical (unpaired) electrons. The van der Waals surface area contributed by atoms with Gasteiger partial charge in [-0.2, -0.15) is 0 Å². The van der Waals surface area contributed by atoms with E-state index < -0.39 is 6.10 Å². The summed E-state index contributed by atoms with van der Waals surface area (Å²) in [4.78, 5) is 12.0. The third-order valence-corrected chi connectivity index (χ3v) is 2.93. The maximum atomic E-state index is 12.0. The Morgan fingerprint density at radius 3 is 2.61 bits per heavy atom. The van der Waals surface area contributed by atoms with Crippen LogP contribution >= 0.6 is 0 Å². The van der Waals surface area contributed by atoms with E-state index in [0.717, 1.165) is 17.7 Å². The molecule has 1 aromatic carbocycles. The van der Waals surface area contributed by atoms with Crippen molar-refractivity contribution in [3.8, 4) is 5.75 Å². The minimum Gasteiger partial charge on any atom is -0.481 e. The van der Waals surface area contributed by atoms with Gasteiger partial charge in [0.1, 0.15) is 5.75 Å². The maximum Gasteiger partial charge on any atom is 0.261 e. The molecule has 3 nitrogen and oxygen atoms in total. The fourth-order valence-electron chi connectivity index (χ4n) is 1.61. The highest BCUT2D eigenvalue weighted by molar-refractivity contribution is 5.81. The number of nitrogens with one attached hydrogen (secondary N) is 1. The van der Waals surface area contributed by atoms with Gasteiger partial charge in [-0.1, -0.05) is 26.0 Å². The summed E-state index contributed by atoms with van der Waals surface area (Å²) in [7, 11) is 0. The van der Waals surface area contributed by atoms with Crippen LogP contribution in [0.15, 0.2) is 24.3 Å². The lowest BCUT2D eigenvalue weighted by Crippen LogP contribution is -2.42. The molecule has 0 aliphatic heterocycles. The number of amides is 1. The van der Waals surface area contributed by atoms with Crippen LogP contribution in [0.2, 0.25) is 0 Å². The van der Waals surface area contributed by atoms with E-state index in [2.05, 4.69) is 5.32 Å². The second-order valence-corrected chi connectivity index (χ2v) is 4.65. The van der Waals surface area contributed by atoms with Crippen LogP contribution in [-0.4, -0.2) is 18.1 Å². The van der Waals surface area contributed by atoms with Crippen molar-refractivity contribution in [2.45, 2.75) is 52.7 Å². The van der Waals surface area contributed by atoms with Crippen LogP contribution in [0.5, 0.6) is 5.75 Å². The fourth-order valence-corrected chi connectivity index (χ4v) is 1.61. The van der Waals surface area contributed by atoms with E-state index in [0.29, 0.717) is 6.42 Å². The van der Waals surface area contributed by atoms with Gasteiger partial charge >= 0.3 is 0 Å². The normalized spacial score (nSPS) is 13.8. The first kappa shape index (κ1) is 14.6. The van der Waals surface area contributed by atoms with Gasteiger partial charge in [0.05, 0.1) is 0 Å². The van der Waals surface area contributed by atoms with E-state index in [-0.39, 0.29) is 11.9 Å². The number of aryl methyl sites for hydroxylation is 1. The average Bonchev–Trinajstić information content (AvgIpc) is 2.35. The molecule has 0 saturated heterocycles. The Balaban J connectivity index is 2.64. The molecule has 0 unspecified atom stereocenters. The Morgan fingerprint density at radius 2 is 2.06 bits per heavy atom. The highest BCUT2D eigenvalue weighted by Crippen LogP contribution is 2.15. The van der Waals surface area contributed by atoms with Crippen molar-refractivity contribution in [1.29, 1.82) is 0 Å². The predicted octanol–water partition coefficient (Wildman–Crippen LogP) is 3.07. The number of carbonyl (C=O) groups is 1. The largest absolute Gasteiger partial charge is 0.481 e. The van der Waals surface area contributed by atoms with Gasteiger partial charge in [0.2, 0.25) is 0 Å². The second-order valence-electron chi connectivity index (χ2n) is 4.65. The van der Waals surface area contributed by atoms with E-state index in [4.69, 9.17) is 4.74 Å². The van der Waals surface area contributed by atoms with Gasteiger partial charge in [0.15, 0.2) is 6.10 Å². The lowest BCUT2D eigenvalue weighted by Gasteiger charge is -2.20. The van der Waals surface area contributed by atoms with Crippen molar-refractivity contribution in [2.24, 2.45) is 0 Å². The lowest BCUT2D eigenvalue weighted by molar-refractivity contribution is -0.128. The van der Waals surface area contributed by atoms with Crippen molar-refractivity contribution in [1.82, 2.24) is 5.32 Å². The van der Waals surface area contributed by atoms with Crippen molar-refractivity contribution in [3.63, 3.8) is 0 Å². The standard InChI is InChI=1S/C15H23NO2/c1-5-12(4)16-15(17)14(6-2)18-13-9-7-8-11(3)10-13/h7-10,12,14H,5-6H2,1-4H3,(H,16,17)/t12-,14-/m0/s1. The molecule has 1 rings (SSSR count). The van der Waals surface area contributed by atoms with Crippen molar-refractivity contribution in [3.05, 3.63) is 29.8 Å². The van der Waals surface area contributed by atoms with Gasteiger partial charge in [-0.25, -0.2) is 0 Å². The molecule has 0 saturated carbocycles. The lowest BCUT2D eigenvalue weighted by atomic mass is 10.2. The molecule has 0 aliphatic carbocycles. The maximum absolute atomic E-state index is 12.0. The van der Waals surface area contributed by atoms with Crippen LogP contribution in [0.25, 0.3) is 0 Å². The van der Waals surface area contributed by atoms with Crippen molar-refractivity contribution < 1.29 is 9.53 Å². The van der Waals surface area contributed by atoms with Crippen LogP contribution in [0.3, 0.4) is 0 Å². The first-order valence-electron chi connectivity index (χ1n) is 6.60. The number of benzene rings is 1. The molecule has 1 N–H and O–H groups in total. The van der Waals surface area contributed by atoms with Crippen LogP contribution in [0.4, 0.5) is 0 Å². The van der Waals surface area contributed by atoms with Crippen LogP contribution in [-0.2, 0) is 4.79 Å². The van der Waals surface area contributed by atoms with Crippen molar-refractivity contribution in [2.75, 3.05) is 0 Å². The van der Waals surface area contributed by atoms with Gasteiger partial charge in [-0.15, -0.1) is 0 Å². The zero-order valence-electron chi connectivity index (χ0n) is 11.7. The van der Waals surface area contributed by atoms with Gasteiger partial charge in [0, 0.05) is 6.04 Å². The van der Waals surface area contributed by atoms with E-state index >= 15 is 0 Å². The molecule has 0 fully saturated rings. The fraction of sp³-hybridized carbons (Fsp3) is 0.533. The summed E-state index contributed by atoms with van der Waals surface area (Å²) < 4.78 is 5.74. The minimum absolute atomic E-state index is 0.0339. The molecule has 0 bridgehead atoms. The number of hydrogen-bond donors (Lipinski definition) is 1. The molecule has 1 amide bonds. The number of carbonyl (C=O) groups excluding carboxylic acids is 1. The number of rotatable bonds is 6. The van der Waals surface area contributed by atoms with Gasteiger partial charge < -0.3 is 10.1 Å². The van der Waals surface area contributed by atoms with Gasteiger partial charge in [-0.3, -0.25) is 4.79 Å². The molecule has 0 aliphatic rings. The summed E-state index contributed by atoms with van der Waals surface area (Å²) in [6.07, 6.45) is 1.17. The summed E-state index contributed by atoms with van der Waals surface area (Å²) >= 11 is 0. The molecule has 0 heterocycles. The molecule has 2 atom stereocenters. The monoisotopic (exact) mass is 249 g/mol. The quantitative estimate of drug-likeness (QED) is 0.841. The smallest absolute Gasteiger partial charge is 0.261 e. The molecule has 100 valence electrons. The second kappa shape index (κ2) is 7.04. The SMILES string of the molecule is CC[C@H](Oc1cccc(C)c1)C(=O)N[C@@H](C)CC. The van der Waals surface area contributed by atoms with Crippen molar-refractivity contribution >= 4 is 5.91 Å². The molecule has 3 heteroatoms. The van der Waals surface area contributed by atoms with Gasteiger partial charge in [0.25, 0.3) is 5.91 Å². The summed E-state index contributed by atoms with van der Waals surface area (Å²) in [5, 5.41) is 2.95. The molecular weight excluding hydrogens is 226 g/mol. The zero-order chi connectivity index (χ0) is 13.5. The summed E-state index contributed by atoms with van der Waals surface area (Å²) in [6, 6.07) is 7.95. The summed E-state index contributed by atoms with van der Waals surface area (Å²) in [5.74, 6) is 0.717. The summed E-state index contributed by atoms with van der Waals surface area (Å²) in [5.41, 5.74) is 1.13. The molecule has 0 aromatic heterocycles. The van der Waals surface area contributed by atoms with E-state index in [1.165, 1.54) is 0 Å². The van der Waals surface area contributed by atoms with Crippen LogP contribution in [0.1, 0.15) is 39.2 Å². The summed E-state index contributed by atoms with van der Waals surface area (Å²) in [6.45, 7) is 8.01. The van der Waals surface area contributed by atoms with Crippen LogP contribution in [0, 0.1) is 6.92 Å². The minimum atomic E-state index is -0.416. The van der Waals surface area contributed by atoms with Gasteiger partial charge in [-0.05, 0) is 44.4 Å². The molecular formula is C15H23NO2. The molecule has 0 spiro atoms. The molecule has 1 aromatic rings. The topological polar surface area (TPSA) is 38.3 Å².